The molecule has 0 aliphatic heterocycles. The molecule has 0 bridgehead atoms. The van der Waals surface area contributed by atoms with Crippen LogP contribution in [0.2, 0.25) is 0 Å². The summed E-state index contributed by atoms with van der Waals surface area (Å²) >= 11 is 0. The van der Waals surface area contributed by atoms with Crippen molar-refractivity contribution >= 4 is 36.7 Å². The van der Waals surface area contributed by atoms with Crippen molar-refractivity contribution in [2.75, 3.05) is 5.73 Å². The first-order chi connectivity index (χ1) is 8.59. The summed E-state index contributed by atoms with van der Waals surface area (Å²) in [4.78, 5) is -1.41. The Bertz CT molecular complexity index is 870. The number of fused-ring (bicyclic) bond motifs is 1. The third-order valence-electron chi connectivity index (χ3n) is 2.48. The lowest BCUT2D eigenvalue weighted by Crippen LogP contribution is -2.04. The molecule has 2 aromatic rings. The zero-order chi connectivity index (χ0) is 14.4. The van der Waals surface area contributed by atoms with E-state index in [9.17, 15) is 21.4 Å². The van der Waals surface area contributed by atoms with Gasteiger partial charge in [-0.3, -0.25) is 4.55 Å². The fourth-order valence-corrected chi connectivity index (χ4v) is 3.01. The standard InChI is InChI=1S/C10H9NO6S2/c11-7-2-1-6-3-8(18(12,13)14)5-10(9(6)4-7)19(15,16)17/h1-5H,11H2,(H,12,13,14)(H,15,16,17)/p-1. The Kier molecular flexibility index (Phi) is 3.01. The van der Waals surface area contributed by atoms with Gasteiger partial charge in [0.15, 0.2) is 0 Å². The second-order valence-corrected chi connectivity index (χ2v) is 6.60. The molecule has 0 spiro atoms. The maximum absolute atomic E-state index is 11.3. The van der Waals surface area contributed by atoms with Gasteiger partial charge in [0.05, 0.1) is 4.90 Å². The van der Waals surface area contributed by atoms with Crippen molar-refractivity contribution in [3.05, 3.63) is 30.3 Å². The predicted octanol–water partition coefficient (Wildman–Crippen LogP) is 0.573. The second kappa shape index (κ2) is 4.17. The van der Waals surface area contributed by atoms with Crippen LogP contribution in [0.25, 0.3) is 10.8 Å². The van der Waals surface area contributed by atoms with Gasteiger partial charge in [-0.05, 0) is 29.7 Å². The number of anilines is 1. The molecule has 0 saturated carbocycles. The molecule has 7 nitrogen and oxygen atoms in total. The Labute approximate surface area is 109 Å². The monoisotopic (exact) mass is 302 g/mol. The molecule has 0 amide bonds. The third-order valence-corrected chi connectivity index (χ3v) is 4.19. The van der Waals surface area contributed by atoms with E-state index >= 15 is 0 Å². The Morgan fingerprint density at radius 1 is 1.05 bits per heavy atom. The van der Waals surface area contributed by atoms with Crippen LogP contribution in [0.4, 0.5) is 5.69 Å². The maximum atomic E-state index is 11.3. The van der Waals surface area contributed by atoms with Crippen molar-refractivity contribution in [2.24, 2.45) is 0 Å². The number of hydrogen-bond acceptors (Lipinski definition) is 6. The highest BCUT2D eigenvalue weighted by molar-refractivity contribution is 7.86. The van der Waals surface area contributed by atoms with Gasteiger partial charge >= 0.3 is 0 Å². The van der Waals surface area contributed by atoms with E-state index < -0.39 is 30.0 Å². The molecule has 0 saturated heterocycles. The van der Waals surface area contributed by atoms with Crippen LogP contribution in [-0.4, -0.2) is 25.9 Å². The fraction of sp³-hybridized carbons (Fsp3) is 0. The molecule has 9 heteroatoms. The number of nitrogen functional groups attached to an aromatic ring is 1. The molecule has 2 rings (SSSR count). The van der Waals surface area contributed by atoms with Crippen LogP contribution < -0.4 is 5.73 Å². The molecule has 2 aromatic carbocycles. The Hall–Kier alpha value is -1.68. The van der Waals surface area contributed by atoms with Crippen molar-refractivity contribution in [3.63, 3.8) is 0 Å². The summed E-state index contributed by atoms with van der Waals surface area (Å²) in [7, 11) is -9.53. The van der Waals surface area contributed by atoms with Gasteiger partial charge in [0, 0.05) is 11.1 Å². The van der Waals surface area contributed by atoms with Gasteiger partial charge in [0.2, 0.25) is 0 Å². The van der Waals surface area contributed by atoms with Crippen LogP contribution in [0.3, 0.4) is 0 Å². The first-order valence-corrected chi connectivity index (χ1v) is 7.70. The fourth-order valence-electron chi connectivity index (χ4n) is 1.67. The van der Waals surface area contributed by atoms with Crippen LogP contribution in [0.5, 0.6) is 0 Å². The summed E-state index contributed by atoms with van der Waals surface area (Å²) in [5.41, 5.74) is 5.74. The van der Waals surface area contributed by atoms with E-state index in [1.807, 2.05) is 0 Å². The van der Waals surface area contributed by atoms with E-state index in [1.165, 1.54) is 18.2 Å². The van der Waals surface area contributed by atoms with Gasteiger partial charge < -0.3 is 10.3 Å². The summed E-state index contributed by atoms with van der Waals surface area (Å²) in [6.07, 6.45) is 0. The van der Waals surface area contributed by atoms with Crippen LogP contribution >= 0.6 is 0 Å². The van der Waals surface area contributed by atoms with Crippen molar-refractivity contribution in [2.45, 2.75) is 9.79 Å². The average molecular weight is 302 g/mol. The number of nitrogens with two attached hydrogens (primary N) is 1. The van der Waals surface area contributed by atoms with E-state index in [-0.39, 0.29) is 16.5 Å². The molecular weight excluding hydrogens is 294 g/mol. The molecule has 0 aliphatic carbocycles. The zero-order valence-electron chi connectivity index (χ0n) is 9.27. The predicted molar refractivity (Wildman–Crippen MR) is 66.1 cm³/mol. The highest BCUT2D eigenvalue weighted by Crippen LogP contribution is 2.28. The van der Waals surface area contributed by atoms with Gasteiger partial charge in [-0.25, -0.2) is 8.42 Å². The molecule has 19 heavy (non-hydrogen) atoms. The van der Waals surface area contributed by atoms with E-state index in [1.54, 1.807) is 0 Å². The Morgan fingerprint density at radius 3 is 2.21 bits per heavy atom. The van der Waals surface area contributed by atoms with E-state index in [0.29, 0.717) is 6.07 Å². The first-order valence-electron chi connectivity index (χ1n) is 4.86. The molecule has 0 heterocycles. The van der Waals surface area contributed by atoms with Crippen LogP contribution in [0, 0.1) is 0 Å². The lowest BCUT2D eigenvalue weighted by Gasteiger charge is -2.11. The summed E-state index contributed by atoms with van der Waals surface area (Å²) in [5.74, 6) is 0. The normalized spacial score (nSPS) is 12.7. The topological polar surface area (TPSA) is 138 Å². The van der Waals surface area contributed by atoms with Gasteiger partial charge in [0.25, 0.3) is 10.1 Å². The molecule has 102 valence electrons. The first kappa shape index (κ1) is 13.7. The van der Waals surface area contributed by atoms with Crippen LogP contribution in [-0.2, 0) is 20.2 Å². The number of benzene rings is 2. The highest BCUT2D eigenvalue weighted by Gasteiger charge is 2.17. The van der Waals surface area contributed by atoms with E-state index in [4.69, 9.17) is 10.3 Å². The van der Waals surface area contributed by atoms with Gasteiger partial charge in [-0.1, -0.05) is 6.07 Å². The van der Waals surface area contributed by atoms with E-state index in [0.717, 1.165) is 6.07 Å². The maximum Gasteiger partial charge on any atom is 0.295 e. The summed E-state index contributed by atoms with van der Waals surface area (Å²) in [5, 5.41) is 0.202. The number of rotatable bonds is 2. The average Bonchev–Trinajstić information content (AvgIpc) is 2.24. The molecule has 0 aromatic heterocycles. The lowest BCUT2D eigenvalue weighted by atomic mass is 10.1. The van der Waals surface area contributed by atoms with Gasteiger partial charge in [0.1, 0.15) is 15.0 Å². The smallest absolute Gasteiger partial charge is 0.295 e. The minimum atomic E-state index is -4.84. The molecule has 0 radical (unpaired) electrons. The van der Waals surface area contributed by atoms with Crippen molar-refractivity contribution < 1.29 is 25.9 Å². The highest BCUT2D eigenvalue weighted by atomic mass is 32.2. The minimum Gasteiger partial charge on any atom is -0.744 e. The molecule has 0 unspecified atom stereocenters. The van der Waals surface area contributed by atoms with Crippen LogP contribution in [0.15, 0.2) is 40.1 Å². The lowest BCUT2D eigenvalue weighted by molar-refractivity contribution is 0.463. The largest absolute Gasteiger partial charge is 0.744 e. The summed E-state index contributed by atoms with van der Waals surface area (Å²) < 4.78 is 64.5. The quantitative estimate of drug-likeness (QED) is 0.611. The minimum absolute atomic E-state index is 0.0369. The molecule has 0 atom stereocenters. The van der Waals surface area contributed by atoms with Gasteiger partial charge in [-0.2, -0.15) is 8.42 Å². The Morgan fingerprint density at radius 2 is 1.68 bits per heavy atom. The van der Waals surface area contributed by atoms with Crippen molar-refractivity contribution in [1.82, 2.24) is 0 Å². The summed E-state index contributed by atoms with van der Waals surface area (Å²) in [6.45, 7) is 0. The Balaban J connectivity index is 3.01. The molecule has 0 fully saturated rings. The van der Waals surface area contributed by atoms with Crippen molar-refractivity contribution in [1.29, 1.82) is 0 Å². The third kappa shape index (κ3) is 2.68. The summed E-state index contributed by atoms with van der Waals surface area (Å²) in [6, 6.07) is 5.66. The van der Waals surface area contributed by atoms with Crippen LogP contribution in [0.1, 0.15) is 0 Å². The zero-order valence-corrected chi connectivity index (χ0v) is 10.9. The van der Waals surface area contributed by atoms with E-state index in [2.05, 4.69) is 0 Å². The number of hydrogen-bond donors (Lipinski definition) is 2. The second-order valence-electron chi connectivity index (χ2n) is 3.83. The SMILES string of the molecule is Nc1ccc2cc(S(=O)(=O)[O-])cc(S(=O)(=O)O)c2c1. The molecule has 3 N–H and O–H groups in total. The van der Waals surface area contributed by atoms with Gasteiger partial charge in [-0.15, -0.1) is 0 Å². The molecular formula is C10H8NO6S2-. The molecule has 0 aliphatic rings. The van der Waals surface area contributed by atoms with Crippen molar-refractivity contribution in [3.8, 4) is 0 Å².